The Morgan fingerprint density at radius 3 is 2.45 bits per heavy atom. The molecule has 156 valence electrons. The third kappa shape index (κ3) is 6.76. The molecule has 1 saturated carbocycles. The van der Waals surface area contributed by atoms with Gasteiger partial charge in [0.15, 0.2) is 0 Å². The summed E-state index contributed by atoms with van der Waals surface area (Å²) < 4.78 is 31.1. The van der Waals surface area contributed by atoms with Crippen LogP contribution in [0.5, 0.6) is 5.75 Å². The summed E-state index contributed by atoms with van der Waals surface area (Å²) in [5.41, 5.74) is 1.08. The predicted octanol–water partition coefficient (Wildman–Crippen LogP) is 3.22. The molecule has 0 spiro atoms. The number of benzene rings is 2. The van der Waals surface area contributed by atoms with Gasteiger partial charge in [-0.25, -0.2) is 8.42 Å². The molecule has 1 aliphatic carbocycles. The van der Waals surface area contributed by atoms with Gasteiger partial charge in [0.05, 0.1) is 17.5 Å². The molecule has 0 aliphatic heterocycles. The van der Waals surface area contributed by atoms with Crippen LogP contribution in [-0.4, -0.2) is 39.8 Å². The molecular weight excluding hydrogens is 390 g/mol. The Bertz CT molecular complexity index is 923. The molecule has 3 N–H and O–H groups in total. The van der Waals surface area contributed by atoms with Gasteiger partial charge in [-0.2, -0.15) is 0 Å². The van der Waals surface area contributed by atoms with E-state index in [0.29, 0.717) is 18.3 Å². The number of hydrogen-bond donors (Lipinski definition) is 3. The van der Waals surface area contributed by atoms with E-state index in [1.54, 1.807) is 48.5 Å². The zero-order valence-corrected chi connectivity index (χ0v) is 17.3. The lowest BCUT2D eigenvalue weighted by Gasteiger charge is -2.13. The van der Waals surface area contributed by atoms with Crippen molar-refractivity contribution in [1.82, 2.24) is 5.32 Å². The van der Waals surface area contributed by atoms with Gasteiger partial charge < -0.3 is 15.4 Å². The van der Waals surface area contributed by atoms with Gasteiger partial charge >= 0.3 is 0 Å². The summed E-state index contributed by atoms with van der Waals surface area (Å²) in [5, 5.41) is 6.27. The molecule has 0 aromatic heterocycles. The monoisotopic (exact) mass is 417 g/mol. The summed E-state index contributed by atoms with van der Waals surface area (Å²) in [5.74, 6) is 0.335. The Balaban J connectivity index is 1.52. The molecule has 2 aromatic carbocycles. The van der Waals surface area contributed by atoms with E-state index in [9.17, 15) is 13.2 Å². The largest absolute Gasteiger partial charge is 0.492 e. The molecule has 8 heteroatoms. The Labute approximate surface area is 171 Å². The molecule has 0 atom stereocenters. The molecule has 1 aliphatic rings. The number of para-hydroxylation sites is 1. The Hall–Kier alpha value is -2.58. The highest BCUT2D eigenvalue weighted by atomic mass is 32.2. The van der Waals surface area contributed by atoms with Gasteiger partial charge in [0, 0.05) is 18.3 Å². The molecule has 3 rings (SSSR count). The maximum atomic E-state index is 12.6. The summed E-state index contributed by atoms with van der Waals surface area (Å²) in [6.45, 7) is 1.40. The van der Waals surface area contributed by atoms with E-state index in [0.717, 1.165) is 18.6 Å². The first-order valence-electron chi connectivity index (χ1n) is 9.75. The molecular formula is C21H27N3O4S. The number of anilines is 2. The molecule has 7 nitrogen and oxygen atoms in total. The zero-order chi connectivity index (χ0) is 20.7. The maximum absolute atomic E-state index is 12.6. The van der Waals surface area contributed by atoms with Crippen LogP contribution < -0.4 is 20.1 Å². The molecule has 2 aromatic rings. The Morgan fingerprint density at radius 1 is 1.07 bits per heavy atom. The lowest BCUT2D eigenvalue weighted by Crippen LogP contribution is -2.30. The number of amides is 1. The zero-order valence-electron chi connectivity index (χ0n) is 16.5. The van der Waals surface area contributed by atoms with Gasteiger partial charge in [-0.15, -0.1) is 0 Å². The van der Waals surface area contributed by atoms with Gasteiger partial charge in [-0.05, 0) is 49.2 Å². The van der Waals surface area contributed by atoms with Crippen LogP contribution in [0.1, 0.15) is 36.0 Å². The van der Waals surface area contributed by atoms with Crippen LogP contribution in [0.2, 0.25) is 0 Å². The summed E-state index contributed by atoms with van der Waals surface area (Å²) in [4.78, 5) is 12.6. The van der Waals surface area contributed by atoms with Crippen molar-refractivity contribution >= 4 is 27.3 Å². The topological polar surface area (TPSA) is 96.5 Å². The second-order valence-electron chi connectivity index (χ2n) is 7.18. The van der Waals surface area contributed by atoms with Gasteiger partial charge in [-0.1, -0.05) is 25.0 Å². The standard InChI is InChI=1S/C21H27N3O4S/c1-29(26,27)24-20-9-5-4-8-19(20)21(25)23-17-10-12-18(13-11-17)28-15-14-22-16-6-2-3-7-16/h4-5,8-13,16,22,24H,2-3,6-7,14-15H2,1H3,(H,23,25). The number of ether oxygens (including phenoxy) is 1. The second kappa shape index (κ2) is 9.76. The molecule has 0 radical (unpaired) electrons. The first kappa shape index (κ1) is 21.1. The second-order valence-corrected chi connectivity index (χ2v) is 8.93. The molecule has 0 heterocycles. The van der Waals surface area contributed by atoms with Crippen molar-refractivity contribution in [2.24, 2.45) is 0 Å². The van der Waals surface area contributed by atoms with Crippen molar-refractivity contribution < 1.29 is 17.9 Å². The third-order valence-corrected chi connectivity index (χ3v) is 5.33. The first-order chi connectivity index (χ1) is 13.9. The van der Waals surface area contributed by atoms with Crippen LogP contribution in [0.3, 0.4) is 0 Å². The van der Waals surface area contributed by atoms with E-state index in [1.165, 1.54) is 25.7 Å². The fraction of sp³-hybridized carbons (Fsp3) is 0.381. The van der Waals surface area contributed by atoms with Crippen LogP contribution in [0.15, 0.2) is 48.5 Å². The fourth-order valence-corrected chi connectivity index (χ4v) is 3.94. The van der Waals surface area contributed by atoms with Crippen molar-refractivity contribution in [2.75, 3.05) is 29.4 Å². The van der Waals surface area contributed by atoms with E-state index >= 15 is 0 Å². The lowest BCUT2D eigenvalue weighted by atomic mass is 10.1. The first-order valence-corrected chi connectivity index (χ1v) is 11.6. The smallest absolute Gasteiger partial charge is 0.257 e. The summed E-state index contributed by atoms with van der Waals surface area (Å²) >= 11 is 0. The minimum absolute atomic E-state index is 0.238. The van der Waals surface area contributed by atoms with Gasteiger partial charge in [0.2, 0.25) is 10.0 Å². The summed E-state index contributed by atoms with van der Waals surface area (Å²) in [7, 11) is -3.48. The minimum atomic E-state index is -3.48. The molecule has 0 unspecified atom stereocenters. The number of carbonyl (C=O) groups excluding carboxylic acids is 1. The van der Waals surface area contributed by atoms with Gasteiger partial charge in [-0.3, -0.25) is 9.52 Å². The maximum Gasteiger partial charge on any atom is 0.257 e. The average molecular weight is 418 g/mol. The Kier molecular flexibility index (Phi) is 7.11. The van der Waals surface area contributed by atoms with Crippen molar-refractivity contribution in [3.8, 4) is 5.75 Å². The predicted molar refractivity (Wildman–Crippen MR) is 115 cm³/mol. The fourth-order valence-electron chi connectivity index (χ4n) is 3.36. The van der Waals surface area contributed by atoms with Crippen LogP contribution in [0.4, 0.5) is 11.4 Å². The van der Waals surface area contributed by atoms with Crippen LogP contribution in [-0.2, 0) is 10.0 Å². The molecule has 1 amide bonds. The highest BCUT2D eigenvalue weighted by Crippen LogP contribution is 2.20. The number of sulfonamides is 1. The molecule has 0 saturated heterocycles. The molecule has 29 heavy (non-hydrogen) atoms. The van der Waals surface area contributed by atoms with Crippen molar-refractivity contribution in [1.29, 1.82) is 0 Å². The van der Waals surface area contributed by atoms with Gasteiger partial charge in [0.1, 0.15) is 12.4 Å². The van der Waals surface area contributed by atoms with E-state index in [4.69, 9.17) is 4.74 Å². The minimum Gasteiger partial charge on any atom is -0.492 e. The molecule has 0 bridgehead atoms. The van der Waals surface area contributed by atoms with Crippen molar-refractivity contribution in [3.63, 3.8) is 0 Å². The van der Waals surface area contributed by atoms with E-state index in [-0.39, 0.29) is 11.3 Å². The van der Waals surface area contributed by atoms with E-state index in [2.05, 4.69) is 15.4 Å². The lowest BCUT2D eigenvalue weighted by molar-refractivity contribution is 0.102. The Morgan fingerprint density at radius 2 is 1.76 bits per heavy atom. The number of nitrogens with one attached hydrogen (secondary N) is 3. The third-order valence-electron chi connectivity index (χ3n) is 4.74. The normalized spacial score (nSPS) is 14.5. The average Bonchev–Trinajstić information content (AvgIpc) is 3.19. The highest BCUT2D eigenvalue weighted by Gasteiger charge is 2.14. The SMILES string of the molecule is CS(=O)(=O)Nc1ccccc1C(=O)Nc1ccc(OCCNC2CCCC2)cc1. The van der Waals surface area contributed by atoms with E-state index in [1.807, 2.05) is 0 Å². The number of carbonyl (C=O) groups is 1. The number of hydrogen-bond acceptors (Lipinski definition) is 5. The summed E-state index contributed by atoms with van der Waals surface area (Å²) in [6, 6.07) is 14.2. The van der Waals surface area contributed by atoms with Crippen LogP contribution >= 0.6 is 0 Å². The quantitative estimate of drug-likeness (QED) is 0.545. The van der Waals surface area contributed by atoms with Crippen molar-refractivity contribution in [3.05, 3.63) is 54.1 Å². The summed E-state index contributed by atoms with van der Waals surface area (Å²) in [6.07, 6.45) is 6.15. The van der Waals surface area contributed by atoms with E-state index < -0.39 is 15.9 Å². The van der Waals surface area contributed by atoms with Crippen LogP contribution in [0, 0.1) is 0 Å². The molecule has 1 fully saturated rings. The number of rotatable bonds is 9. The van der Waals surface area contributed by atoms with Gasteiger partial charge in [0.25, 0.3) is 5.91 Å². The van der Waals surface area contributed by atoms with Crippen LogP contribution in [0.25, 0.3) is 0 Å². The highest BCUT2D eigenvalue weighted by molar-refractivity contribution is 7.92. The van der Waals surface area contributed by atoms with Crippen molar-refractivity contribution in [2.45, 2.75) is 31.7 Å².